The molecule has 0 radical (unpaired) electrons. The van der Waals surface area contributed by atoms with Crippen molar-refractivity contribution in [1.29, 1.82) is 0 Å². The van der Waals surface area contributed by atoms with Crippen molar-refractivity contribution >= 4 is 16.6 Å². The highest BCUT2D eigenvalue weighted by Crippen LogP contribution is 2.28. The van der Waals surface area contributed by atoms with Gasteiger partial charge in [-0.2, -0.15) is 0 Å². The monoisotopic (exact) mass is 350 g/mol. The molecule has 0 aliphatic carbocycles. The van der Waals surface area contributed by atoms with Gasteiger partial charge in [0.2, 0.25) is 0 Å². The van der Waals surface area contributed by atoms with Crippen LogP contribution in [0.5, 0.6) is 0 Å². The maximum absolute atomic E-state index is 8.69. The first-order chi connectivity index (χ1) is 10.0. The lowest BCUT2D eigenvalue weighted by Crippen LogP contribution is -2.48. The van der Waals surface area contributed by atoms with Crippen LogP contribution in [0, 0.1) is 0 Å². The maximum Gasteiger partial charge on any atom is 0.190 e. The standard InChI is InChI=1S/C16H38O4Si2/c1-8-9-14-21(4,5)19-16(2,3)20-22(6,7)15-10-12-18-13-11-17/h17H,8-15H2,1-7H3. The van der Waals surface area contributed by atoms with E-state index in [1.807, 2.05) is 0 Å². The van der Waals surface area contributed by atoms with Crippen LogP contribution in [0.2, 0.25) is 38.3 Å². The summed E-state index contributed by atoms with van der Waals surface area (Å²) in [6, 6.07) is 2.23. The molecule has 0 rings (SSSR count). The number of hydrogen-bond acceptors (Lipinski definition) is 4. The fourth-order valence-corrected chi connectivity index (χ4v) is 8.06. The molecule has 0 amide bonds. The first-order valence-corrected chi connectivity index (χ1v) is 14.9. The molecule has 0 aliphatic heterocycles. The zero-order chi connectivity index (χ0) is 17.3. The molecule has 0 bridgehead atoms. The van der Waals surface area contributed by atoms with Crippen LogP contribution in [0.25, 0.3) is 0 Å². The zero-order valence-corrected chi connectivity index (χ0v) is 17.8. The molecular weight excluding hydrogens is 312 g/mol. The zero-order valence-electron chi connectivity index (χ0n) is 15.8. The van der Waals surface area contributed by atoms with E-state index in [0.717, 1.165) is 12.5 Å². The molecule has 0 saturated heterocycles. The van der Waals surface area contributed by atoms with Crippen molar-refractivity contribution in [2.75, 3.05) is 19.8 Å². The van der Waals surface area contributed by atoms with Gasteiger partial charge in [-0.25, -0.2) is 0 Å². The van der Waals surface area contributed by atoms with Crippen LogP contribution in [-0.4, -0.2) is 47.3 Å². The van der Waals surface area contributed by atoms with Crippen molar-refractivity contribution in [1.82, 2.24) is 0 Å². The molecular formula is C16H38O4Si2. The first-order valence-electron chi connectivity index (χ1n) is 8.62. The average Bonchev–Trinajstić information content (AvgIpc) is 2.33. The highest BCUT2D eigenvalue weighted by Gasteiger charge is 2.36. The van der Waals surface area contributed by atoms with Crippen molar-refractivity contribution in [3.8, 4) is 0 Å². The third kappa shape index (κ3) is 11.8. The Bertz CT molecular complexity index is 294. The number of unbranched alkanes of at least 4 members (excludes halogenated alkanes) is 1. The summed E-state index contributed by atoms with van der Waals surface area (Å²) >= 11 is 0. The van der Waals surface area contributed by atoms with Gasteiger partial charge in [-0.1, -0.05) is 19.8 Å². The largest absolute Gasteiger partial charge is 0.394 e. The highest BCUT2D eigenvalue weighted by atomic mass is 28.4. The van der Waals surface area contributed by atoms with Gasteiger partial charge in [0.15, 0.2) is 16.6 Å². The molecule has 134 valence electrons. The van der Waals surface area contributed by atoms with Gasteiger partial charge >= 0.3 is 0 Å². The Morgan fingerprint density at radius 3 is 1.82 bits per heavy atom. The molecule has 0 heterocycles. The number of hydrogen-bond donors (Lipinski definition) is 1. The smallest absolute Gasteiger partial charge is 0.190 e. The number of rotatable bonds is 13. The summed E-state index contributed by atoms with van der Waals surface area (Å²) in [4.78, 5) is 0. The Balaban J connectivity index is 4.29. The van der Waals surface area contributed by atoms with Gasteiger partial charge in [0, 0.05) is 6.61 Å². The van der Waals surface area contributed by atoms with E-state index < -0.39 is 22.4 Å². The predicted molar refractivity (Wildman–Crippen MR) is 98.3 cm³/mol. The second-order valence-electron chi connectivity index (χ2n) is 7.67. The summed E-state index contributed by atoms with van der Waals surface area (Å²) in [6.45, 7) is 16.6. The molecule has 0 unspecified atom stereocenters. The topological polar surface area (TPSA) is 47.9 Å². The Kier molecular flexibility index (Phi) is 10.3. The highest BCUT2D eigenvalue weighted by molar-refractivity contribution is 6.72. The summed E-state index contributed by atoms with van der Waals surface area (Å²) in [5, 5.41) is 8.69. The average molecular weight is 351 g/mol. The van der Waals surface area contributed by atoms with Crippen LogP contribution < -0.4 is 0 Å². The predicted octanol–water partition coefficient (Wildman–Crippen LogP) is 4.37. The van der Waals surface area contributed by atoms with Crippen molar-refractivity contribution in [3.05, 3.63) is 0 Å². The fraction of sp³-hybridized carbons (Fsp3) is 1.00. The van der Waals surface area contributed by atoms with Crippen molar-refractivity contribution in [3.63, 3.8) is 0 Å². The Morgan fingerprint density at radius 1 is 0.864 bits per heavy atom. The molecule has 0 aliphatic rings. The molecule has 0 aromatic carbocycles. The van der Waals surface area contributed by atoms with Crippen LogP contribution >= 0.6 is 0 Å². The lowest BCUT2D eigenvalue weighted by atomic mass is 10.4. The third-order valence-corrected chi connectivity index (χ3v) is 8.68. The van der Waals surface area contributed by atoms with Crippen LogP contribution in [0.1, 0.15) is 40.0 Å². The lowest BCUT2D eigenvalue weighted by molar-refractivity contribution is -0.0965. The van der Waals surface area contributed by atoms with Crippen LogP contribution in [0.3, 0.4) is 0 Å². The summed E-state index contributed by atoms with van der Waals surface area (Å²) < 4.78 is 18.1. The summed E-state index contributed by atoms with van der Waals surface area (Å²) in [5.74, 6) is -0.495. The van der Waals surface area contributed by atoms with E-state index in [2.05, 4.69) is 47.0 Å². The van der Waals surface area contributed by atoms with Crippen molar-refractivity contribution in [2.24, 2.45) is 0 Å². The minimum atomic E-state index is -1.78. The van der Waals surface area contributed by atoms with Gasteiger partial charge in [-0.3, -0.25) is 0 Å². The number of aliphatic hydroxyl groups is 1. The molecule has 0 spiro atoms. The molecule has 0 atom stereocenters. The third-order valence-electron chi connectivity index (χ3n) is 3.48. The Hall–Kier alpha value is 0.274. The molecule has 1 N–H and O–H groups in total. The van der Waals surface area contributed by atoms with Gasteiger partial charge in [-0.15, -0.1) is 0 Å². The molecule has 22 heavy (non-hydrogen) atoms. The Labute approximate surface area is 139 Å². The van der Waals surface area contributed by atoms with Gasteiger partial charge in [0.05, 0.1) is 13.2 Å². The van der Waals surface area contributed by atoms with E-state index in [-0.39, 0.29) is 6.61 Å². The minimum absolute atomic E-state index is 0.0929. The molecule has 0 aromatic rings. The molecule has 0 saturated carbocycles. The maximum atomic E-state index is 8.69. The van der Waals surface area contributed by atoms with E-state index in [9.17, 15) is 0 Å². The van der Waals surface area contributed by atoms with Gasteiger partial charge in [0.1, 0.15) is 5.79 Å². The van der Waals surface area contributed by atoms with Gasteiger partial charge in [-0.05, 0) is 58.5 Å². The van der Waals surface area contributed by atoms with Crippen molar-refractivity contribution in [2.45, 2.75) is 84.1 Å². The number of aliphatic hydroxyl groups excluding tert-OH is 1. The van der Waals surface area contributed by atoms with E-state index in [4.69, 9.17) is 18.7 Å². The van der Waals surface area contributed by atoms with E-state index in [1.165, 1.54) is 18.9 Å². The fourth-order valence-electron chi connectivity index (χ4n) is 2.82. The molecule has 6 heteroatoms. The first kappa shape index (κ1) is 22.3. The normalized spacial score (nSPS) is 13.6. The molecule has 0 fully saturated rings. The molecule has 4 nitrogen and oxygen atoms in total. The summed E-state index contributed by atoms with van der Waals surface area (Å²) in [6.07, 6.45) is 3.43. The van der Waals surface area contributed by atoms with Crippen LogP contribution in [0.15, 0.2) is 0 Å². The van der Waals surface area contributed by atoms with Gasteiger partial charge in [0.25, 0.3) is 0 Å². The second kappa shape index (κ2) is 10.2. The quantitative estimate of drug-likeness (QED) is 0.304. The molecule has 0 aromatic heterocycles. The summed E-state index contributed by atoms with van der Waals surface area (Å²) in [7, 11) is -3.44. The van der Waals surface area contributed by atoms with Crippen LogP contribution in [0.4, 0.5) is 0 Å². The van der Waals surface area contributed by atoms with Gasteiger partial charge < -0.3 is 18.7 Å². The minimum Gasteiger partial charge on any atom is -0.394 e. The number of ether oxygens (including phenoxy) is 1. The summed E-state index contributed by atoms with van der Waals surface area (Å²) in [5.41, 5.74) is 0. The Morgan fingerprint density at radius 2 is 1.36 bits per heavy atom. The SMILES string of the molecule is CCCC[Si](C)(C)OC(C)(C)O[Si](C)(C)CCCOCCO. The van der Waals surface area contributed by atoms with E-state index in [0.29, 0.717) is 13.2 Å². The second-order valence-corrected chi connectivity index (χ2v) is 16.1. The van der Waals surface area contributed by atoms with Crippen molar-refractivity contribution < 1.29 is 18.7 Å². The van der Waals surface area contributed by atoms with E-state index >= 15 is 0 Å². The lowest BCUT2D eigenvalue weighted by Gasteiger charge is -2.40. The van der Waals surface area contributed by atoms with Crippen LogP contribution in [-0.2, 0) is 13.6 Å². The van der Waals surface area contributed by atoms with E-state index in [1.54, 1.807) is 0 Å².